The predicted octanol–water partition coefficient (Wildman–Crippen LogP) is 1.49. The van der Waals surface area contributed by atoms with Crippen LogP contribution in [0.3, 0.4) is 0 Å². The second kappa shape index (κ2) is 6.50. The summed E-state index contributed by atoms with van der Waals surface area (Å²) in [5, 5.41) is 3.36. The third-order valence-corrected chi connectivity index (χ3v) is 3.62. The van der Waals surface area contributed by atoms with E-state index in [2.05, 4.69) is 29.0 Å². The smallest absolute Gasteiger partial charge is 0.208 e. The normalized spacial score (nSPS) is 21.2. The standard InChI is InChI=1S/C14H25N3O2/c1-10(2)17-5-6-18-13(9-17)7-15-8-14-16-11(3)12(4)19-14/h10,13,15H,5-9H2,1-4H3. The average Bonchev–Trinajstić information content (AvgIpc) is 2.69. The van der Waals surface area contributed by atoms with Crippen molar-refractivity contribution in [3.05, 3.63) is 17.3 Å². The fourth-order valence-corrected chi connectivity index (χ4v) is 2.29. The maximum Gasteiger partial charge on any atom is 0.208 e. The summed E-state index contributed by atoms with van der Waals surface area (Å²) in [5.74, 6) is 1.66. The van der Waals surface area contributed by atoms with Crippen molar-refractivity contribution < 1.29 is 9.15 Å². The van der Waals surface area contributed by atoms with Crippen molar-refractivity contribution in [3.63, 3.8) is 0 Å². The highest BCUT2D eigenvalue weighted by molar-refractivity contribution is 5.05. The third kappa shape index (κ3) is 4.03. The summed E-state index contributed by atoms with van der Waals surface area (Å²) in [6.07, 6.45) is 0.258. The highest BCUT2D eigenvalue weighted by Crippen LogP contribution is 2.10. The summed E-state index contributed by atoms with van der Waals surface area (Å²) in [4.78, 5) is 6.81. The van der Waals surface area contributed by atoms with Gasteiger partial charge in [0.1, 0.15) is 5.76 Å². The van der Waals surface area contributed by atoms with E-state index in [9.17, 15) is 0 Å². The van der Waals surface area contributed by atoms with Crippen LogP contribution in [0.4, 0.5) is 0 Å². The van der Waals surface area contributed by atoms with Crippen LogP contribution in [0.2, 0.25) is 0 Å². The molecule has 0 saturated carbocycles. The van der Waals surface area contributed by atoms with Gasteiger partial charge in [0.05, 0.1) is 24.9 Å². The molecule has 108 valence electrons. The number of oxazole rings is 1. The molecule has 1 fully saturated rings. The molecule has 2 rings (SSSR count). The Hall–Kier alpha value is -0.910. The second-order valence-electron chi connectivity index (χ2n) is 5.46. The largest absolute Gasteiger partial charge is 0.444 e. The zero-order valence-electron chi connectivity index (χ0n) is 12.4. The molecule has 1 unspecified atom stereocenters. The molecule has 0 aromatic carbocycles. The summed E-state index contributed by atoms with van der Waals surface area (Å²) in [7, 11) is 0. The van der Waals surface area contributed by atoms with E-state index in [1.54, 1.807) is 0 Å². The molecular formula is C14H25N3O2. The van der Waals surface area contributed by atoms with Gasteiger partial charge in [-0.25, -0.2) is 4.98 Å². The van der Waals surface area contributed by atoms with E-state index in [-0.39, 0.29) is 6.10 Å². The highest BCUT2D eigenvalue weighted by Gasteiger charge is 2.21. The highest BCUT2D eigenvalue weighted by atomic mass is 16.5. The molecule has 0 radical (unpaired) electrons. The first-order valence-electron chi connectivity index (χ1n) is 7.05. The van der Waals surface area contributed by atoms with Gasteiger partial charge in [0.2, 0.25) is 5.89 Å². The minimum atomic E-state index is 0.258. The Labute approximate surface area is 115 Å². The second-order valence-corrected chi connectivity index (χ2v) is 5.46. The van der Waals surface area contributed by atoms with Crippen LogP contribution in [0.25, 0.3) is 0 Å². The fraction of sp³-hybridized carbons (Fsp3) is 0.786. The van der Waals surface area contributed by atoms with Gasteiger partial charge in [-0.1, -0.05) is 0 Å². The number of hydrogen-bond acceptors (Lipinski definition) is 5. The number of hydrogen-bond donors (Lipinski definition) is 1. The molecule has 5 nitrogen and oxygen atoms in total. The van der Waals surface area contributed by atoms with Gasteiger partial charge < -0.3 is 14.5 Å². The van der Waals surface area contributed by atoms with Gasteiger partial charge in [0, 0.05) is 25.7 Å². The van der Waals surface area contributed by atoms with Crippen molar-refractivity contribution in [2.45, 2.75) is 46.4 Å². The van der Waals surface area contributed by atoms with E-state index in [1.165, 1.54) is 0 Å². The van der Waals surface area contributed by atoms with Gasteiger partial charge in [-0.05, 0) is 27.7 Å². The Morgan fingerprint density at radius 3 is 2.84 bits per heavy atom. The lowest BCUT2D eigenvalue weighted by atomic mass is 10.2. The Kier molecular flexibility index (Phi) is 4.96. The summed E-state index contributed by atoms with van der Waals surface area (Å²) in [5.41, 5.74) is 0.969. The van der Waals surface area contributed by atoms with Crippen LogP contribution in [-0.2, 0) is 11.3 Å². The number of morpholine rings is 1. The van der Waals surface area contributed by atoms with Crippen LogP contribution in [0, 0.1) is 13.8 Å². The zero-order chi connectivity index (χ0) is 13.8. The molecule has 19 heavy (non-hydrogen) atoms. The van der Waals surface area contributed by atoms with E-state index >= 15 is 0 Å². The van der Waals surface area contributed by atoms with Crippen molar-refractivity contribution >= 4 is 0 Å². The lowest BCUT2D eigenvalue weighted by molar-refractivity contribution is -0.0374. The van der Waals surface area contributed by atoms with Gasteiger partial charge >= 0.3 is 0 Å². The molecule has 2 heterocycles. The number of aryl methyl sites for hydroxylation is 2. The summed E-state index contributed by atoms with van der Waals surface area (Å²) < 4.78 is 11.3. The maximum atomic E-state index is 5.77. The molecule has 1 atom stereocenters. The van der Waals surface area contributed by atoms with Crippen molar-refractivity contribution in [2.75, 3.05) is 26.2 Å². The fourth-order valence-electron chi connectivity index (χ4n) is 2.29. The van der Waals surface area contributed by atoms with E-state index in [0.29, 0.717) is 12.6 Å². The summed E-state index contributed by atoms with van der Waals surface area (Å²) in [6.45, 7) is 12.7. The molecule has 1 aromatic rings. The van der Waals surface area contributed by atoms with Crippen molar-refractivity contribution in [1.82, 2.24) is 15.2 Å². The number of rotatable bonds is 5. The Morgan fingerprint density at radius 1 is 1.42 bits per heavy atom. The van der Waals surface area contributed by atoms with Gasteiger partial charge in [0.15, 0.2) is 0 Å². The Balaban J connectivity index is 1.73. The predicted molar refractivity (Wildman–Crippen MR) is 74.1 cm³/mol. The molecular weight excluding hydrogens is 242 g/mol. The number of nitrogens with one attached hydrogen (secondary N) is 1. The number of nitrogens with zero attached hydrogens (tertiary/aromatic N) is 2. The van der Waals surface area contributed by atoms with E-state index in [4.69, 9.17) is 9.15 Å². The van der Waals surface area contributed by atoms with Crippen LogP contribution in [0.5, 0.6) is 0 Å². The number of ether oxygens (including phenoxy) is 1. The summed E-state index contributed by atoms with van der Waals surface area (Å²) in [6, 6.07) is 0.587. The van der Waals surface area contributed by atoms with Crippen LogP contribution in [0.1, 0.15) is 31.2 Å². The van der Waals surface area contributed by atoms with Crippen LogP contribution in [-0.4, -0.2) is 48.3 Å². The SMILES string of the molecule is Cc1nc(CNCC2CN(C(C)C)CCO2)oc1C. The molecule has 0 bridgehead atoms. The van der Waals surface area contributed by atoms with Crippen molar-refractivity contribution in [2.24, 2.45) is 0 Å². The lowest BCUT2D eigenvalue weighted by Crippen LogP contribution is -2.48. The zero-order valence-corrected chi connectivity index (χ0v) is 12.4. The van der Waals surface area contributed by atoms with E-state index in [0.717, 1.165) is 43.6 Å². The molecule has 0 spiro atoms. The topological polar surface area (TPSA) is 50.5 Å². The molecule has 1 saturated heterocycles. The Bertz CT molecular complexity index is 384. The minimum absolute atomic E-state index is 0.258. The number of aromatic nitrogens is 1. The van der Waals surface area contributed by atoms with Gasteiger partial charge in [-0.2, -0.15) is 0 Å². The first-order chi connectivity index (χ1) is 9.06. The molecule has 5 heteroatoms. The van der Waals surface area contributed by atoms with Crippen LogP contribution < -0.4 is 5.32 Å². The van der Waals surface area contributed by atoms with Crippen molar-refractivity contribution in [1.29, 1.82) is 0 Å². The van der Waals surface area contributed by atoms with Gasteiger partial charge in [-0.15, -0.1) is 0 Å². The lowest BCUT2D eigenvalue weighted by Gasteiger charge is -2.35. The van der Waals surface area contributed by atoms with E-state index < -0.39 is 0 Å². The molecule has 1 aliphatic heterocycles. The monoisotopic (exact) mass is 267 g/mol. The first-order valence-corrected chi connectivity index (χ1v) is 7.05. The molecule has 1 aromatic heterocycles. The van der Waals surface area contributed by atoms with Crippen LogP contribution in [0.15, 0.2) is 4.42 Å². The first kappa shape index (κ1) is 14.5. The average molecular weight is 267 g/mol. The molecule has 1 aliphatic rings. The molecule has 1 N–H and O–H groups in total. The van der Waals surface area contributed by atoms with Crippen molar-refractivity contribution in [3.8, 4) is 0 Å². The van der Waals surface area contributed by atoms with Crippen LogP contribution >= 0.6 is 0 Å². The Morgan fingerprint density at radius 2 is 2.21 bits per heavy atom. The minimum Gasteiger partial charge on any atom is -0.444 e. The third-order valence-electron chi connectivity index (χ3n) is 3.62. The quantitative estimate of drug-likeness (QED) is 0.876. The summed E-state index contributed by atoms with van der Waals surface area (Å²) >= 11 is 0. The maximum absolute atomic E-state index is 5.77. The van der Waals surface area contributed by atoms with Gasteiger partial charge in [0.25, 0.3) is 0 Å². The molecule has 0 amide bonds. The van der Waals surface area contributed by atoms with E-state index in [1.807, 2.05) is 13.8 Å². The van der Waals surface area contributed by atoms with Gasteiger partial charge in [-0.3, -0.25) is 4.90 Å². The molecule has 0 aliphatic carbocycles.